The summed E-state index contributed by atoms with van der Waals surface area (Å²) in [4.78, 5) is 14.3. The largest absolute Gasteiger partial charge is 0.507 e. The fourth-order valence-corrected chi connectivity index (χ4v) is 3.70. The topological polar surface area (TPSA) is 73.3 Å². The van der Waals surface area contributed by atoms with Crippen molar-refractivity contribution in [2.45, 2.75) is 27.3 Å². The highest BCUT2D eigenvalue weighted by molar-refractivity contribution is 5.90. The van der Waals surface area contributed by atoms with Gasteiger partial charge in [0.15, 0.2) is 5.58 Å². The second-order valence-electron chi connectivity index (χ2n) is 7.03. The van der Waals surface area contributed by atoms with Crippen LogP contribution in [0, 0.1) is 6.92 Å². The number of quaternary nitrogens is 1. The predicted octanol–water partition coefficient (Wildman–Crippen LogP) is 2.92. The molecule has 0 saturated carbocycles. The minimum atomic E-state index is -0.458. The Balaban J connectivity index is 2.26. The fourth-order valence-electron chi connectivity index (χ4n) is 3.70. The molecule has 154 valence electrons. The number of hydrogen-bond donors (Lipinski definition) is 2. The molecule has 0 spiro atoms. The van der Waals surface area contributed by atoms with E-state index in [2.05, 4.69) is 13.8 Å². The third-order valence-corrected chi connectivity index (χ3v) is 5.52. The summed E-state index contributed by atoms with van der Waals surface area (Å²) in [5.41, 5.74) is 2.53. The summed E-state index contributed by atoms with van der Waals surface area (Å²) in [5, 5.41) is 11.2. The average Bonchev–Trinajstić information content (AvgIpc) is 2.73. The van der Waals surface area contributed by atoms with Gasteiger partial charge in [-0.1, -0.05) is 0 Å². The number of phenolic OH excluding ortho intramolecular Hbond substituents is 1. The lowest BCUT2D eigenvalue weighted by atomic mass is 9.97. The molecule has 0 saturated heterocycles. The number of hydrogen-bond acceptors (Lipinski definition) is 5. The molecule has 29 heavy (non-hydrogen) atoms. The van der Waals surface area contributed by atoms with E-state index in [9.17, 15) is 9.90 Å². The molecule has 0 bridgehead atoms. The summed E-state index contributed by atoms with van der Waals surface area (Å²) in [7, 11) is 3.13. The van der Waals surface area contributed by atoms with Crippen LogP contribution in [0.4, 0.5) is 0 Å². The number of phenols is 1. The number of fused-ring (bicyclic) bond motifs is 1. The molecular weight excluding hydrogens is 370 g/mol. The van der Waals surface area contributed by atoms with Gasteiger partial charge in [0.25, 0.3) is 0 Å². The molecule has 0 amide bonds. The quantitative estimate of drug-likeness (QED) is 0.599. The molecule has 3 rings (SSSR count). The Bertz CT molecular complexity index is 1080. The number of ether oxygens (including phenoxy) is 2. The Labute approximate surface area is 170 Å². The van der Waals surface area contributed by atoms with Crippen LogP contribution in [0.5, 0.6) is 17.2 Å². The Morgan fingerprint density at radius 1 is 1.07 bits per heavy atom. The Morgan fingerprint density at radius 2 is 1.79 bits per heavy atom. The second-order valence-corrected chi connectivity index (χ2v) is 7.03. The van der Waals surface area contributed by atoms with Crippen LogP contribution in [-0.4, -0.2) is 32.4 Å². The number of rotatable bonds is 7. The maximum absolute atomic E-state index is 13.0. The lowest BCUT2D eigenvalue weighted by Crippen LogP contribution is -3.10. The van der Waals surface area contributed by atoms with Gasteiger partial charge in [0.1, 0.15) is 23.8 Å². The predicted molar refractivity (Wildman–Crippen MR) is 113 cm³/mol. The van der Waals surface area contributed by atoms with Crippen molar-refractivity contribution in [3.8, 4) is 28.4 Å². The van der Waals surface area contributed by atoms with Crippen molar-refractivity contribution in [1.82, 2.24) is 0 Å². The molecule has 0 unspecified atom stereocenters. The first-order valence-corrected chi connectivity index (χ1v) is 9.79. The minimum Gasteiger partial charge on any atom is -0.507 e. The summed E-state index contributed by atoms with van der Waals surface area (Å²) in [6.07, 6.45) is 0. The maximum atomic E-state index is 13.0. The molecule has 1 heterocycles. The van der Waals surface area contributed by atoms with E-state index in [0.717, 1.165) is 24.0 Å². The van der Waals surface area contributed by atoms with Crippen molar-refractivity contribution in [3.05, 3.63) is 51.9 Å². The van der Waals surface area contributed by atoms with Gasteiger partial charge >= 0.3 is 5.63 Å². The van der Waals surface area contributed by atoms with E-state index in [-0.39, 0.29) is 5.75 Å². The zero-order valence-corrected chi connectivity index (χ0v) is 17.6. The van der Waals surface area contributed by atoms with Gasteiger partial charge in [-0.3, -0.25) is 0 Å². The third kappa shape index (κ3) is 3.80. The van der Waals surface area contributed by atoms with Crippen LogP contribution < -0.4 is 20.0 Å². The molecule has 3 aromatic rings. The summed E-state index contributed by atoms with van der Waals surface area (Å²) in [6, 6.07) is 8.79. The van der Waals surface area contributed by atoms with Crippen LogP contribution in [0.15, 0.2) is 39.5 Å². The smallest absolute Gasteiger partial charge is 0.344 e. The third-order valence-electron chi connectivity index (χ3n) is 5.52. The van der Waals surface area contributed by atoms with Gasteiger partial charge in [0.05, 0.1) is 38.4 Å². The van der Waals surface area contributed by atoms with E-state index in [1.54, 1.807) is 44.6 Å². The first-order valence-electron chi connectivity index (χ1n) is 9.79. The number of nitrogens with one attached hydrogen (secondary N) is 1. The molecule has 0 fully saturated rings. The van der Waals surface area contributed by atoms with E-state index in [4.69, 9.17) is 13.9 Å². The van der Waals surface area contributed by atoms with Crippen molar-refractivity contribution in [2.24, 2.45) is 0 Å². The molecule has 0 atom stereocenters. The Hall–Kier alpha value is -2.99. The lowest BCUT2D eigenvalue weighted by molar-refractivity contribution is -0.910. The van der Waals surface area contributed by atoms with Crippen LogP contribution in [0.25, 0.3) is 22.1 Å². The van der Waals surface area contributed by atoms with Crippen molar-refractivity contribution in [3.63, 3.8) is 0 Å². The van der Waals surface area contributed by atoms with Gasteiger partial charge in [-0.2, -0.15) is 0 Å². The molecule has 6 heteroatoms. The van der Waals surface area contributed by atoms with Gasteiger partial charge in [-0.15, -0.1) is 0 Å². The van der Waals surface area contributed by atoms with E-state index in [1.165, 1.54) is 4.90 Å². The highest BCUT2D eigenvalue weighted by atomic mass is 16.5. The number of aryl methyl sites for hydroxylation is 1. The van der Waals surface area contributed by atoms with Crippen molar-refractivity contribution in [1.29, 1.82) is 0 Å². The molecule has 0 aliphatic carbocycles. The molecule has 0 aliphatic heterocycles. The lowest BCUT2D eigenvalue weighted by Gasteiger charge is -2.18. The van der Waals surface area contributed by atoms with Crippen LogP contribution in [0.3, 0.4) is 0 Å². The Morgan fingerprint density at radius 3 is 2.41 bits per heavy atom. The van der Waals surface area contributed by atoms with E-state index in [1.807, 2.05) is 6.92 Å². The zero-order chi connectivity index (χ0) is 21.1. The van der Waals surface area contributed by atoms with Crippen LogP contribution in [-0.2, 0) is 6.54 Å². The van der Waals surface area contributed by atoms with Gasteiger partial charge in [0.2, 0.25) is 0 Å². The highest BCUT2D eigenvalue weighted by Gasteiger charge is 2.22. The van der Waals surface area contributed by atoms with Gasteiger partial charge in [-0.25, -0.2) is 4.79 Å². The van der Waals surface area contributed by atoms with E-state index < -0.39 is 5.63 Å². The number of benzene rings is 2. The zero-order valence-electron chi connectivity index (χ0n) is 17.6. The molecular formula is C23H28NO5+. The van der Waals surface area contributed by atoms with Crippen LogP contribution in [0.2, 0.25) is 0 Å². The van der Waals surface area contributed by atoms with Crippen LogP contribution >= 0.6 is 0 Å². The number of methoxy groups -OCH3 is 2. The maximum Gasteiger partial charge on any atom is 0.344 e. The molecule has 2 N–H and O–H groups in total. The summed E-state index contributed by atoms with van der Waals surface area (Å²) < 4.78 is 16.5. The first kappa shape index (κ1) is 20.7. The normalized spacial score (nSPS) is 11.2. The second kappa shape index (κ2) is 8.57. The summed E-state index contributed by atoms with van der Waals surface area (Å²) >= 11 is 0. The van der Waals surface area contributed by atoms with Gasteiger partial charge < -0.3 is 23.9 Å². The van der Waals surface area contributed by atoms with Gasteiger partial charge in [-0.05, 0) is 50.6 Å². The highest BCUT2D eigenvalue weighted by Crippen LogP contribution is 2.37. The standard InChI is InChI=1S/C23H27NO5/c1-6-24(7-2)13-18-19(25)11-10-16-14(3)21(23(26)29-22(16)18)17-9-8-15(27-4)12-20(17)28-5/h8-12,25H,6-7,13H2,1-5H3/p+1. The van der Waals surface area contributed by atoms with E-state index >= 15 is 0 Å². The molecule has 2 aromatic carbocycles. The SMILES string of the molecule is CC[NH+](CC)Cc1c(O)ccc2c(C)c(-c3ccc(OC)cc3OC)c(=O)oc12. The monoisotopic (exact) mass is 398 g/mol. The van der Waals surface area contributed by atoms with Crippen LogP contribution in [0.1, 0.15) is 25.0 Å². The molecule has 0 radical (unpaired) electrons. The fraction of sp³-hybridized carbons (Fsp3) is 0.348. The molecule has 0 aliphatic rings. The molecule has 1 aromatic heterocycles. The minimum absolute atomic E-state index is 0.147. The molecule has 6 nitrogen and oxygen atoms in total. The van der Waals surface area contributed by atoms with Crippen molar-refractivity contribution < 1.29 is 23.9 Å². The summed E-state index contributed by atoms with van der Waals surface area (Å²) in [6.45, 7) is 8.49. The van der Waals surface area contributed by atoms with E-state index in [0.29, 0.717) is 40.3 Å². The van der Waals surface area contributed by atoms with Gasteiger partial charge in [0, 0.05) is 17.0 Å². The Kier molecular flexibility index (Phi) is 6.13. The first-order chi connectivity index (χ1) is 13.9. The average molecular weight is 398 g/mol. The van der Waals surface area contributed by atoms with Crippen molar-refractivity contribution >= 4 is 11.0 Å². The summed E-state index contributed by atoms with van der Waals surface area (Å²) in [5.74, 6) is 1.32. The van der Waals surface area contributed by atoms with Crippen molar-refractivity contribution in [2.75, 3.05) is 27.3 Å². The number of aromatic hydroxyl groups is 1.